The lowest BCUT2D eigenvalue weighted by Crippen LogP contribution is -2.55. The molecule has 0 saturated carbocycles. The zero-order valence-electron chi connectivity index (χ0n) is 14.1. The van der Waals surface area contributed by atoms with Crippen LogP contribution in [0.3, 0.4) is 0 Å². The molecule has 1 aromatic heterocycles. The van der Waals surface area contributed by atoms with E-state index in [2.05, 4.69) is 4.98 Å². The van der Waals surface area contributed by atoms with Gasteiger partial charge in [0.15, 0.2) is 0 Å². The Morgan fingerprint density at radius 1 is 1.48 bits per heavy atom. The van der Waals surface area contributed by atoms with Gasteiger partial charge in [-0.3, -0.25) is 4.79 Å². The van der Waals surface area contributed by atoms with Gasteiger partial charge in [-0.15, -0.1) is 0 Å². The van der Waals surface area contributed by atoms with Crippen molar-refractivity contribution in [3.8, 4) is 5.88 Å². The highest BCUT2D eigenvalue weighted by Gasteiger charge is 2.41. The van der Waals surface area contributed by atoms with Gasteiger partial charge in [-0.2, -0.15) is 4.31 Å². The second-order valence-electron chi connectivity index (χ2n) is 5.84. The van der Waals surface area contributed by atoms with E-state index in [1.165, 1.54) is 27.5 Å². The average Bonchev–Trinajstić information content (AvgIpc) is 2.54. The Balaban J connectivity index is 1.98. The number of ether oxygens (including phenoxy) is 1. The molecule has 2 rings (SSSR count). The Kier molecular flexibility index (Phi) is 6.09. The van der Waals surface area contributed by atoms with Gasteiger partial charge in [0.05, 0.1) is 18.4 Å². The van der Waals surface area contributed by atoms with Crippen LogP contribution in [-0.2, 0) is 14.8 Å². The quantitative estimate of drug-likeness (QED) is 0.721. The Labute approximate surface area is 146 Å². The van der Waals surface area contributed by atoms with E-state index in [0.717, 1.165) is 0 Å². The molecule has 1 aliphatic rings. The second kappa shape index (κ2) is 7.89. The van der Waals surface area contributed by atoms with Crippen LogP contribution in [0.5, 0.6) is 5.88 Å². The van der Waals surface area contributed by atoms with Gasteiger partial charge in [-0.1, -0.05) is 0 Å². The maximum absolute atomic E-state index is 12.5. The van der Waals surface area contributed by atoms with Crippen LogP contribution in [-0.4, -0.2) is 68.9 Å². The van der Waals surface area contributed by atoms with Gasteiger partial charge >= 0.3 is 0 Å². The molecule has 1 saturated heterocycles. The summed E-state index contributed by atoms with van der Waals surface area (Å²) in [7, 11) is -0.428. The Morgan fingerprint density at radius 2 is 2.16 bits per heavy atom. The van der Waals surface area contributed by atoms with Gasteiger partial charge in [0.25, 0.3) is 0 Å². The second-order valence-corrected chi connectivity index (χ2v) is 7.78. The first-order chi connectivity index (χ1) is 11.8. The molecule has 0 spiro atoms. The van der Waals surface area contributed by atoms with Crippen molar-refractivity contribution < 1.29 is 22.3 Å². The standard InChI is InChI=1S/C15H21FN4O4S/c1-19(2)15(21)12-8-20(9-12)25(22,23)13-3-4-14(18-7-13)24-10-11(5-16)6-17/h3-5,7,12H,6,8-10,17H2,1-2H3/b11-5+. The van der Waals surface area contributed by atoms with Crippen LogP contribution >= 0.6 is 0 Å². The lowest BCUT2D eigenvalue weighted by atomic mass is 10.0. The number of nitrogens with zero attached hydrogens (tertiary/aromatic N) is 3. The number of pyridine rings is 1. The van der Waals surface area contributed by atoms with Gasteiger partial charge in [0.1, 0.15) is 11.5 Å². The number of sulfonamides is 1. The molecular weight excluding hydrogens is 351 g/mol. The van der Waals surface area contributed by atoms with E-state index >= 15 is 0 Å². The fourth-order valence-corrected chi connectivity index (χ4v) is 3.69. The predicted molar refractivity (Wildman–Crippen MR) is 88.9 cm³/mol. The molecule has 1 fully saturated rings. The summed E-state index contributed by atoms with van der Waals surface area (Å²) in [5.41, 5.74) is 5.57. The van der Waals surface area contributed by atoms with Crippen molar-refractivity contribution in [2.45, 2.75) is 4.90 Å². The lowest BCUT2D eigenvalue weighted by Gasteiger charge is -2.38. The number of hydrogen-bond acceptors (Lipinski definition) is 6. The van der Waals surface area contributed by atoms with E-state index in [0.29, 0.717) is 6.33 Å². The molecule has 10 heteroatoms. The summed E-state index contributed by atoms with van der Waals surface area (Å²) in [4.78, 5) is 17.2. The first-order valence-electron chi connectivity index (χ1n) is 7.58. The van der Waals surface area contributed by atoms with E-state index < -0.39 is 10.0 Å². The smallest absolute Gasteiger partial charge is 0.244 e. The molecule has 0 unspecified atom stereocenters. The van der Waals surface area contributed by atoms with Crippen LogP contribution in [0.1, 0.15) is 0 Å². The van der Waals surface area contributed by atoms with Crippen LogP contribution in [0.15, 0.2) is 35.1 Å². The van der Waals surface area contributed by atoms with Crippen molar-refractivity contribution in [3.63, 3.8) is 0 Å². The molecule has 2 heterocycles. The summed E-state index contributed by atoms with van der Waals surface area (Å²) in [6.07, 6.45) is 1.54. The highest BCUT2D eigenvalue weighted by Crippen LogP contribution is 2.26. The molecule has 138 valence electrons. The van der Waals surface area contributed by atoms with Crippen molar-refractivity contribution in [3.05, 3.63) is 30.2 Å². The van der Waals surface area contributed by atoms with Gasteiger partial charge < -0.3 is 15.4 Å². The van der Waals surface area contributed by atoms with Crippen molar-refractivity contribution in [2.75, 3.05) is 40.3 Å². The van der Waals surface area contributed by atoms with Crippen LogP contribution < -0.4 is 10.5 Å². The number of rotatable bonds is 7. The molecule has 2 N–H and O–H groups in total. The maximum atomic E-state index is 12.5. The van der Waals surface area contributed by atoms with Crippen LogP contribution in [0, 0.1) is 5.92 Å². The summed E-state index contributed by atoms with van der Waals surface area (Å²) in [5, 5.41) is 0. The van der Waals surface area contributed by atoms with Crippen LogP contribution in [0.2, 0.25) is 0 Å². The third-order valence-electron chi connectivity index (χ3n) is 3.81. The van der Waals surface area contributed by atoms with E-state index in [1.54, 1.807) is 14.1 Å². The average molecular weight is 372 g/mol. The minimum atomic E-state index is -3.70. The number of nitrogens with two attached hydrogens (primary N) is 1. The Bertz CT molecular complexity index is 743. The number of hydrogen-bond donors (Lipinski definition) is 1. The summed E-state index contributed by atoms with van der Waals surface area (Å²) < 4.78 is 43.8. The van der Waals surface area contributed by atoms with Gasteiger partial charge in [-0.25, -0.2) is 17.8 Å². The van der Waals surface area contributed by atoms with E-state index in [1.807, 2.05) is 0 Å². The molecule has 0 radical (unpaired) electrons. The zero-order valence-corrected chi connectivity index (χ0v) is 14.9. The molecule has 1 aliphatic heterocycles. The first-order valence-corrected chi connectivity index (χ1v) is 9.02. The van der Waals surface area contributed by atoms with Crippen LogP contribution in [0.4, 0.5) is 4.39 Å². The molecule has 8 nitrogen and oxygen atoms in total. The number of carbonyl (C=O) groups is 1. The SMILES string of the molecule is CN(C)C(=O)C1CN(S(=O)(=O)c2ccc(OC/C(=C/F)CN)nc2)C1. The molecule has 1 amide bonds. The van der Waals surface area contributed by atoms with Gasteiger partial charge in [-0.05, 0) is 6.07 Å². The van der Waals surface area contributed by atoms with Crippen molar-refractivity contribution in [1.29, 1.82) is 0 Å². The summed E-state index contributed by atoms with van der Waals surface area (Å²) in [6, 6.07) is 2.75. The van der Waals surface area contributed by atoms with Gasteiger partial charge in [0.2, 0.25) is 21.8 Å². The number of halogens is 1. The fourth-order valence-electron chi connectivity index (χ4n) is 2.21. The number of carbonyl (C=O) groups excluding carboxylic acids is 1. The molecule has 0 aromatic carbocycles. The highest BCUT2D eigenvalue weighted by atomic mass is 32.2. The third-order valence-corrected chi connectivity index (χ3v) is 5.62. The molecule has 0 bridgehead atoms. The van der Waals surface area contributed by atoms with Crippen molar-refractivity contribution in [1.82, 2.24) is 14.2 Å². The summed E-state index contributed by atoms with van der Waals surface area (Å²) >= 11 is 0. The third kappa shape index (κ3) is 4.33. The topological polar surface area (TPSA) is 106 Å². The largest absolute Gasteiger partial charge is 0.473 e. The molecule has 1 aromatic rings. The normalized spacial score (nSPS) is 16.4. The minimum Gasteiger partial charge on any atom is -0.473 e. The monoisotopic (exact) mass is 372 g/mol. The van der Waals surface area contributed by atoms with E-state index in [4.69, 9.17) is 10.5 Å². The minimum absolute atomic E-state index is 0.00989. The Hall–Kier alpha value is -2.04. The van der Waals surface area contributed by atoms with Crippen molar-refractivity contribution in [2.24, 2.45) is 11.7 Å². The van der Waals surface area contributed by atoms with Gasteiger partial charge in [0, 0.05) is 45.4 Å². The van der Waals surface area contributed by atoms with Crippen molar-refractivity contribution >= 4 is 15.9 Å². The highest BCUT2D eigenvalue weighted by molar-refractivity contribution is 7.89. The molecular formula is C15H21FN4O4S. The molecule has 25 heavy (non-hydrogen) atoms. The van der Waals surface area contributed by atoms with Crippen LogP contribution in [0.25, 0.3) is 0 Å². The lowest BCUT2D eigenvalue weighted by molar-refractivity contribution is -0.136. The summed E-state index contributed by atoms with van der Waals surface area (Å²) in [5.74, 6) is -0.247. The first kappa shape index (κ1) is 19.3. The molecule has 0 aliphatic carbocycles. The number of amides is 1. The fraction of sp³-hybridized carbons (Fsp3) is 0.467. The maximum Gasteiger partial charge on any atom is 0.244 e. The molecule has 0 atom stereocenters. The summed E-state index contributed by atoms with van der Waals surface area (Å²) in [6.45, 7) is 0.259. The zero-order chi connectivity index (χ0) is 18.6. The van der Waals surface area contributed by atoms with E-state index in [-0.39, 0.29) is 54.4 Å². The predicted octanol–water partition coefficient (Wildman–Crippen LogP) is -0.0188. The Morgan fingerprint density at radius 3 is 2.64 bits per heavy atom. The number of aromatic nitrogens is 1. The van der Waals surface area contributed by atoms with E-state index in [9.17, 15) is 17.6 Å².